The molecule has 0 spiro atoms. The molecule has 0 aliphatic carbocycles. The van der Waals surface area contributed by atoms with Gasteiger partial charge in [-0.1, -0.05) is 47.6 Å². The molecule has 0 bridgehead atoms. The lowest BCUT2D eigenvalue weighted by Gasteiger charge is -2.22. The van der Waals surface area contributed by atoms with Crippen LogP contribution in [-0.4, -0.2) is 28.9 Å². The van der Waals surface area contributed by atoms with Gasteiger partial charge in [-0.25, -0.2) is 4.79 Å². The topological polar surface area (TPSA) is 86.5 Å². The van der Waals surface area contributed by atoms with Crippen LogP contribution in [0.25, 0.3) is 0 Å². The van der Waals surface area contributed by atoms with E-state index in [0.717, 1.165) is 16.9 Å². The normalized spacial score (nSPS) is 12.3. The van der Waals surface area contributed by atoms with Gasteiger partial charge in [-0.2, -0.15) is 4.98 Å². The molecule has 0 aliphatic rings. The molecule has 1 amide bonds. The van der Waals surface area contributed by atoms with Crippen LogP contribution in [0.5, 0.6) is 5.75 Å². The summed E-state index contributed by atoms with van der Waals surface area (Å²) in [6.45, 7) is 5.43. The van der Waals surface area contributed by atoms with Crippen LogP contribution in [-0.2, 0) is 11.2 Å². The third-order valence-corrected chi connectivity index (χ3v) is 4.05. The third kappa shape index (κ3) is 5.81. The van der Waals surface area contributed by atoms with Gasteiger partial charge in [0.2, 0.25) is 0 Å². The van der Waals surface area contributed by atoms with Gasteiger partial charge in [0, 0.05) is 6.42 Å². The predicted octanol–water partition coefficient (Wildman–Crippen LogP) is 4.28. The van der Waals surface area contributed by atoms with Crippen molar-refractivity contribution in [3.63, 3.8) is 0 Å². The van der Waals surface area contributed by atoms with E-state index in [1.54, 1.807) is 7.11 Å². The van der Waals surface area contributed by atoms with Crippen LogP contribution in [0.2, 0.25) is 0 Å². The first-order valence-corrected chi connectivity index (χ1v) is 9.34. The first kappa shape index (κ1) is 20.4. The number of nitrogens with one attached hydrogen (secondary N) is 1. The standard InChI is InChI=1S/C22H25N3O4/c1-22(2,3)28-21(26)24-19(16-8-6-5-7-9-16)20-23-18(25-29-20)14-15-10-12-17(27-4)13-11-15/h5-13,19H,14H2,1-4H3,(H,24,26). The van der Waals surface area contributed by atoms with Crippen LogP contribution in [0, 0.1) is 0 Å². The minimum Gasteiger partial charge on any atom is -0.497 e. The van der Waals surface area contributed by atoms with Gasteiger partial charge in [0.05, 0.1) is 7.11 Å². The Morgan fingerprint density at radius 3 is 2.41 bits per heavy atom. The molecule has 3 aromatic rings. The second-order valence-corrected chi connectivity index (χ2v) is 7.56. The van der Waals surface area contributed by atoms with Crippen molar-refractivity contribution in [2.24, 2.45) is 0 Å². The Morgan fingerprint density at radius 1 is 1.10 bits per heavy atom. The Balaban J connectivity index is 1.80. The molecule has 1 aromatic heterocycles. The summed E-state index contributed by atoms with van der Waals surface area (Å²) in [6, 6.07) is 16.5. The van der Waals surface area contributed by atoms with Crippen LogP contribution in [0.15, 0.2) is 59.1 Å². The monoisotopic (exact) mass is 395 g/mol. The zero-order valence-electron chi connectivity index (χ0n) is 17.0. The number of methoxy groups -OCH3 is 1. The number of hydrogen-bond acceptors (Lipinski definition) is 6. The minimum absolute atomic E-state index is 0.297. The van der Waals surface area contributed by atoms with Gasteiger partial charge >= 0.3 is 6.09 Å². The Morgan fingerprint density at radius 2 is 1.79 bits per heavy atom. The molecule has 2 aromatic carbocycles. The van der Waals surface area contributed by atoms with Gasteiger partial charge in [-0.3, -0.25) is 0 Å². The van der Waals surface area contributed by atoms with Crippen molar-refractivity contribution in [1.82, 2.24) is 15.5 Å². The zero-order valence-corrected chi connectivity index (χ0v) is 17.0. The van der Waals surface area contributed by atoms with E-state index in [2.05, 4.69) is 15.5 Å². The molecule has 7 nitrogen and oxygen atoms in total. The van der Waals surface area contributed by atoms with Crippen LogP contribution in [0.3, 0.4) is 0 Å². The Hall–Kier alpha value is -3.35. The molecular weight excluding hydrogens is 370 g/mol. The molecule has 0 aliphatic heterocycles. The van der Waals surface area contributed by atoms with Crippen molar-refractivity contribution in [2.45, 2.75) is 38.8 Å². The quantitative estimate of drug-likeness (QED) is 0.670. The summed E-state index contributed by atoms with van der Waals surface area (Å²) in [5, 5.41) is 6.90. The highest BCUT2D eigenvalue weighted by atomic mass is 16.6. The van der Waals surface area contributed by atoms with Gasteiger partial charge in [0.1, 0.15) is 17.4 Å². The van der Waals surface area contributed by atoms with E-state index >= 15 is 0 Å². The van der Waals surface area contributed by atoms with E-state index in [4.69, 9.17) is 14.0 Å². The average molecular weight is 395 g/mol. The van der Waals surface area contributed by atoms with E-state index in [-0.39, 0.29) is 0 Å². The van der Waals surface area contributed by atoms with Crippen LogP contribution in [0.4, 0.5) is 4.79 Å². The Bertz CT molecular complexity index is 931. The van der Waals surface area contributed by atoms with Crippen LogP contribution in [0.1, 0.15) is 49.7 Å². The molecule has 152 valence electrons. The molecule has 1 unspecified atom stereocenters. The fraction of sp³-hybridized carbons (Fsp3) is 0.318. The van der Waals surface area contributed by atoms with Crippen LogP contribution >= 0.6 is 0 Å². The maximum Gasteiger partial charge on any atom is 0.408 e. The molecule has 0 fully saturated rings. The maximum atomic E-state index is 12.3. The predicted molar refractivity (Wildman–Crippen MR) is 108 cm³/mol. The van der Waals surface area contributed by atoms with E-state index in [9.17, 15) is 4.79 Å². The molecule has 0 radical (unpaired) electrons. The van der Waals surface area contributed by atoms with E-state index in [1.807, 2.05) is 75.4 Å². The molecule has 1 heterocycles. The summed E-state index contributed by atoms with van der Waals surface area (Å²) in [4.78, 5) is 16.8. The number of rotatable bonds is 6. The summed E-state index contributed by atoms with van der Waals surface area (Å²) in [5.74, 6) is 1.61. The number of ether oxygens (including phenoxy) is 2. The van der Waals surface area contributed by atoms with Gasteiger partial charge in [0.15, 0.2) is 5.82 Å². The lowest BCUT2D eigenvalue weighted by Crippen LogP contribution is -2.35. The summed E-state index contributed by atoms with van der Waals surface area (Å²) in [5.41, 5.74) is 1.23. The number of amides is 1. The Kier molecular flexibility index (Phi) is 6.16. The van der Waals surface area contributed by atoms with Gasteiger partial charge < -0.3 is 19.3 Å². The molecule has 0 saturated heterocycles. The average Bonchev–Trinajstić information content (AvgIpc) is 3.14. The first-order chi connectivity index (χ1) is 13.8. The number of carbonyl (C=O) groups excluding carboxylic acids is 1. The molecule has 1 N–H and O–H groups in total. The van der Waals surface area contributed by atoms with Gasteiger partial charge in [0.25, 0.3) is 5.89 Å². The molecule has 1 atom stereocenters. The number of carbonyl (C=O) groups is 1. The highest BCUT2D eigenvalue weighted by Gasteiger charge is 2.26. The molecule has 7 heteroatoms. The maximum absolute atomic E-state index is 12.3. The summed E-state index contributed by atoms with van der Waals surface area (Å²) in [6.07, 6.45) is -0.0530. The number of nitrogens with zero attached hydrogens (tertiary/aromatic N) is 2. The van der Waals surface area contributed by atoms with Crippen molar-refractivity contribution < 1.29 is 18.8 Å². The number of benzene rings is 2. The lowest BCUT2D eigenvalue weighted by atomic mass is 10.1. The van der Waals surface area contributed by atoms with Crippen molar-refractivity contribution in [2.75, 3.05) is 7.11 Å². The summed E-state index contributed by atoms with van der Waals surface area (Å²) in [7, 11) is 1.63. The zero-order chi connectivity index (χ0) is 20.9. The largest absolute Gasteiger partial charge is 0.497 e. The Labute approximate surface area is 170 Å². The van der Waals surface area contributed by atoms with Crippen molar-refractivity contribution >= 4 is 6.09 Å². The SMILES string of the molecule is COc1ccc(Cc2noc(C(NC(=O)OC(C)(C)C)c3ccccc3)n2)cc1. The lowest BCUT2D eigenvalue weighted by molar-refractivity contribution is 0.0504. The number of aromatic nitrogens is 2. The number of alkyl carbamates (subject to hydrolysis) is 1. The molecule has 29 heavy (non-hydrogen) atoms. The molecule has 0 saturated carbocycles. The summed E-state index contributed by atoms with van der Waals surface area (Å²) >= 11 is 0. The third-order valence-electron chi connectivity index (χ3n) is 4.05. The number of hydrogen-bond donors (Lipinski definition) is 1. The van der Waals surface area contributed by atoms with E-state index in [0.29, 0.717) is 18.1 Å². The second kappa shape index (κ2) is 8.77. The van der Waals surface area contributed by atoms with Gasteiger partial charge in [-0.15, -0.1) is 0 Å². The first-order valence-electron chi connectivity index (χ1n) is 9.34. The smallest absolute Gasteiger partial charge is 0.408 e. The molecular formula is C22H25N3O4. The highest BCUT2D eigenvalue weighted by Crippen LogP contribution is 2.22. The fourth-order valence-corrected chi connectivity index (χ4v) is 2.74. The van der Waals surface area contributed by atoms with Crippen molar-refractivity contribution in [1.29, 1.82) is 0 Å². The van der Waals surface area contributed by atoms with E-state index < -0.39 is 17.7 Å². The highest BCUT2D eigenvalue weighted by molar-refractivity contribution is 5.68. The minimum atomic E-state index is -0.611. The second-order valence-electron chi connectivity index (χ2n) is 7.56. The fourth-order valence-electron chi connectivity index (χ4n) is 2.74. The van der Waals surface area contributed by atoms with Gasteiger partial charge in [-0.05, 0) is 44.0 Å². The summed E-state index contributed by atoms with van der Waals surface area (Å²) < 4.78 is 16.0. The van der Waals surface area contributed by atoms with Crippen LogP contribution < -0.4 is 10.1 Å². The molecule has 3 rings (SSSR count). The van der Waals surface area contributed by atoms with E-state index in [1.165, 1.54) is 0 Å². The van der Waals surface area contributed by atoms with Crippen molar-refractivity contribution in [3.8, 4) is 5.75 Å². The van der Waals surface area contributed by atoms with Crippen molar-refractivity contribution in [3.05, 3.63) is 77.4 Å².